The number of methoxy groups -OCH3 is 1. The van der Waals surface area contributed by atoms with E-state index in [1.165, 1.54) is 12.8 Å². The lowest BCUT2D eigenvalue weighted by molar-refractivity contribution is 0.0615. The molecule has 29 heavy (non-hydrogen) atoms. The molecule has 0 spiro atoms. The molecule has 1 amide bonds. The fraction of sp³-hybridized carbons (Fsp3) is 0.783. The van der Waals surface area contributed by atoms with Gasteiger partial charge in [0.15, 0.2) is 0 Å². The van der Waals surface area contributed by atoms with Gasteiger partial charge in [0.05, 0.1) is 12.2 Å². The number of piperidine rings is 1. The molecule has 0 N–H and O–H groups in total. The van der Waals surface area contributed by atoms with E-state index in [0.29, 0.717) is 12.0 Å². The molecule has 0 bridgehead atoms. The minimum Gasteiger partial charge on any atom is -0.466 e. The van der Waals surface area contributed by atoms with E-state index in [1.54, 1.807) is 7.11 Å². The summed E-state index contributed by atoms with van der Waals surface area (Å²) in [6.07, 6.45) is 4.73. The molecule has 6 heteroatoms. The van der Waals surface area contributed by atoms with Gasteiger partial charge in [-0.05, 0) is 77.7 Å². The average Bonchev–Trinajstić information content (AvgIpc) is 3.31. The highest BCUT2D eigenvalue weighted by molar-refractivity contribution is 5.95. The molecule has 0 radical (unpaired) electrons. The topological polar surface area (TPSA) is 49.2 Å². The van der Waals surface area contributed by atoms with Crippen molar-refractivity contribution in [2.75, 3.05) is 59.5 Å². The van der Waals surface area contributed by atoms with E-state index in [1.807, 2.05) is 19.9 Å². The standard InChI is InChI=1S/C23H39N3O3/c1-5-25-10-6-7-21(25)17-26(23(27)22-15-18(2)29-19(22)3)16-20-8-11-24(12-9-20)13-14-28-4/h15,20-21H,5-14,16-17H2,1-4H3. The third-order valence-electron chi connectivity index (χ3n) is 6.69. The van der Waals surface area contributed by atoms with Gasteiger partial charge in [-0.2, -0.15) is 0 Å². The Morgan fingerprint density at radius 3 is 2.59 bits per heavy atom. The van der Waals surface area contributed by atoms with Crippen molar-refractivity contribution >= 4 is 5.91 Å². The highest BCUT2D eigenvalue weighted by Gasteiger charge is 2.31. The molecule has 0 saturated carbocycles. The number of nitrogens with zero attached hydrogens (tertiary/aromatic N) is 3. The molecule has 2 fully saturated rings. The summed E-state index contributed by atoms with van der Waals surface area (Å²) in [6.45, 7) is 14.0. The molecule has 2 aliphatic rings. The van der Waals surface area contributed by atoms with E-state index in [2.05, 4.69) is 21.6 Å². The Labute approximate surface area is 176 Å². The lowest BCUT2D eigenvalue weighted by Crippen LogP contribution is -2.46. The number of amides is 1. The van der Waals surface area contributed by atoms with Crippen LogP contribution < -0.4 is 0 Å². The molecule has 164 valence electrons. The summed E-state index contributed by atoms with van der Waals surface area (Å²) in [6, 6.07) is 2.39. The quantitative estimate of drug-likeness (QED) is 0.632. The first-order valence-corrected chi connectivity index (χ1v) is 11.3. The Kier molecular flexibility index (Phi) is 8.16. The Balaban J connectivity index is 1.66. The summed E-state index contributed by atoms with van der Waals surface area (Å²) >= 11 is 0. The van der Waals surface area contributed by atoms with Crippen LogP contribution in [0.25, 0.3) is 0 Å². The first-order valence-electron chi connectivity index (χ1n) is 11.3. The van der Waals surface area contributed by atoms with Crippen LogP contribution in [0.2, 0.25) is 0 Å². The third-order valence-corrected chi connectivity index (χ3v) is 6.69. The number of carbonyl (C=O) groups excluding carboxylic acids is 1. The molecule has 1 unspecified atom stereocenters. The van der Waals surface area contributed by atoms with Gasteiger partial charge in [0.2, 0.25) is 0 Å². The number of ether oxygens (including phenoxy) is 1. The minimum atomic E-state index is 0.143. The van der Waals surface area contributed by atoms with Crippen molar-refractivity contribution < 1.29 is 13.9 Å². The van der Waals surface area contributed by atoms with Gasteiger partial charge in [-0.3, -0.25) is 9.69 Å². The number of likely N-dealkylation sites (tertiary alicyclic amines) is 2. The molecule has 1 aromatic heterocycles. The Morgan fingerprint density at radius 1 is 1.21 bits per heavy atom. The van der Waals surface area contributed by atoms with Gasteiger partial charge in [0, 0.05) is 32.8 Å². The number of hydrogen-bond donors (Lipinski definition) is 0. The fourth-order valence-electron chi connectivity index (χ4n) is 4.95. The molecule has 2 aliphatic heterocycles. The van der Waals surface area contributed by atoms with Crippen LogP contribution in [-0.4, -0.2) is 86.2 Å². The van der Waals surface area contributed by atoms with Gasteiger partial charge in [-0.1, -0.05) is 6.92 Å². The van der Waals surface area contributed by atoms with E-state index in [4.69, 9.17) is 9.15 Å². The number of rotatable bonds is 9. The van der Waals surface area contributed by atoms with E-state index in [0.717, 1.165) is 82.3 Å². The van der Waals surface area contributed by atoms with Crippen LogP contribution in [0, 0.1) is 19.8 Å². The van der Waals surface area contributed by atoms with Crippen molar-refractivity contribution in [3.63, 3.8) is 0 Å². The Morgan fingerprint density at radius 2 is 1.97 bits per heavy atom. The molecule has 0 aromatic carbocycles. The molecule has 2 saturated heterocycles. The highest BCUT2D eigenvalue weighted by Crippen LogP contribution is 2.24. The summed E-state index contributed by atoms with van der Waals surface area (Å²) in [5.74, 6) is 2.27. The second kappa shape index (κ2) is 10.6. The van der Waals surface area contributed by atoms with E-state index in [9.17, 15) is 4.79 Å². The number of furan rings is 1. The molecule has 3 heterocycles. The van der Waals surface area contributed by atoms with E-state index < -0.39 is 0 Å². The molecule has 1 aromatic rings. The summed E-state index contributed by atoms with van der Waals surface area (Å²) in [4.78, 5) is 20.6. The number of aryl methyl sites for hydroxylation is 2. The molecular weight excluding hydrogens is 366 g/mol. The van der Waals surface area contributed by atoms with Crippen molar-refractivity contribution in [1.29, 1.82) is 0 Å². The number of likely N-dealkylation sites (N-methyl/N-ethyl adjacent to an activating group) is 1. The van der Waals surface area contributed by atoms with Gasteiger partial charge >= 0.3 is 0 Å². The maximum atomic E-state index is 13.5. The minimum absolute atomic E-state index is 0.143. The molecule has 1 atom stereocenters. The van der Waals surface area contributed by atoms with Crippen LogP contribution in [0.15, 0.2) is 10.5 Å². The van der Waals surface area contributed by atoms with Crippen LogP contribution >= 0.6 is 0 Å². The van der Waals surface area contributed by atoms with Gasteiger partial charge in [-0.15, -0.1) is 0 Å². The van der Waals surface area contributed by atoms with Gasteiger partial charge in [0.25, 0.3) is 5.91 Å². The third kappa shape index (κ3) is 5.83. The molecular formula is C23H39N3O3. The first kappa shape index (κ1) is 22.3. The zero-order valence-electron chi connectivity index (χ0n) is 18.8. The predicted octanol–water partition coefficient (Wildman–Crippen LogP) is 3.18. The number of hydrogen-bond acceptors (Lipinski definition) is 5. The van der Waals surface area contributed by atoms with Crippen molar-refractivity contribution in [3.8, 4) is 0 Å². The van der Waals surface area contributed by atoms with Crippen LogP contribution in [0.4, 0.5) is 0 Å². The average molecular weight is 406 g/mol. The van der Waals surface area contributed by atoms with Gasteiger partial charge < -0.3 is 19.0 Å². The highest BCUT2D eigenvalue weighted by atomic mass is 16.5. The van der Waals surface area contributed by atoms with Gasteiger partial charge in [0.1, 0.15) is 11.5 Å². The molecule has 3 rings (SSSR count). The maximum Gasteiger partial charge on any atom is 0.257 e. The molecule has 0 aliphatic carbocycles. The predicted molar refractivity (Wildman–Crippen MR) is 115 cm³/mol. The van der Waals surface area contributed by atoms with Crippen molar-refractivity contribution in [1.82, 2.24) is 14.7 Å². The first-order chi connectivity index (χ1) is 14.0. The van der Waals surface area contributed by atoms with Crippen LogP contribution in [0.1, 0.15) is 54.5 Å². The van der Waals surface area contributed by atoms with Crippen molar-refractivity contribution in [2.24, 2.45) is 5.92 Å². The zero-order chi connectivity index (χ0) is 20.8. The van der Waals surface area contributed by atoms with E-state index in [-0.39, 0.29) is 5.91 Å². The lowest BCUT2D eigenvalue weighted by atomic mass is 9.95. The fourth-order valence-corrected chi connectivity index (χ4v) is 4.95. The van der Waals surface area contributed by atoms with Crippen LogP contribution in [-0.2, 0) is 4.74 Å². The normalized spacial score (nSPS) is 21.7. The van der Waals surface area contributed by atoms with Crippen molar-refractivity contribution in [2.45, 2.75) is 52.5 Å². The number of carbonyl (C=O) groups is 1. The Hall–Kier alpha value is -1.37. The van der Waals surface area contributed by atoms with Crippen molar-refractivity contribution in [3.05, 3.63) is 23.2 Å². The van der Waals surface area contributed by atoms with Crippen LogP contribution in [0.5, 0.6) is 0 Å². The van der Waals surface area contributed by atoms with Gasteiger partial charge in [-0.25, -0.2) is 0 Å². The SMILES string of the molecule is CCN1CCCC1CN(CC1CCN(CCOC)CC1)C(=O)c1cc(C)oc1C. The summed E-state index contributed by atoms with van der Waals surface area (Å²) in [7, 11) is 1.76. The lowest BCUT2D eigenvalue weighted by Gasteiger charge is -2.36. The second-order valence-electron chi connectivity index (χ2n) is 8.74. The maximum absolute atomic E-state index is 13.5. The summed E-state index contributed by atoms with van der Waals surface area (Å²) < 4.78 is 10.9. The second-order valence-corrected chi connectivity index (χ2v) is 8.74. The molecule has 6 nitrogen and oxygen atoms in total. The smallest absolute Gasteiger partial charge is 0.257 e. The van der Waals surface area contributed by atoms with E-state index >= 15 is 0 Å². The largest absolute Gasteiger partial charge is 0.466 e. The van der Waals surface area contributed by atoms with Crippen LogP contribution in [0.3, 0.4) is 0 Å². The Bertz CT molecular complexity index is 652. The zero-order valence-corrected chi connectivity index (χ0v) is 18.8. The summed E-state index contributed by atoms with van der Waals surface area (Å²) in [5, 5.41) is 0. The monoisotopic (exact) mass is 405 g/mol. The summed E-state index contributed by atoms with van der Waals surface area (Å²) in [5.41, 5.74) is 0.737.